The first-order valence-corrected chi connectivity index (χ1v) is 14.7. The number of nitrogens with one attached hydrogen (secondary N) is 3. The van der Waals surface area contributed by atoms with E-state index >= 15 is 0 Å². The van der Waals surface area contributed by atoms with Gasteiger partial charge in [-0.1, -0.05) is 72.3 Å². The minimum atomic E-state index is -1.50. The van der Waals surface area contributed by atoms with Crippen molar-refractivity contribution < 1.29 is 33.8 Å². The van der Waals surface area contributed by atoms with Gasteiger partial charge in [-0.05, 0) is 58.1 Å². The molecular weight excluding hydrogens is 612 g/mol. The van der Waals surface area contributed by atoms with Crippen LogP contribution >= 0.6 is 11.6 Å². The molecule has 12 heteroatoms. The number of alkyl carbamates (subject to hydrolysis) is 1. The molecule has 1 unspecified atom stereocenters. The lowest BCUT2D eigenvalue weighted by Crippen LogP contribution is -2.60. The maximum absolute atomic E-state index is 13.1. The number of benzene rings is 4. The number of methoxy groups -OCH3 is 1. The summed E-state index contributed by atoms with van der Waals surface area (Å²) in [6.07, 6.45) is -2.31. The van der Waals surface area contributed by atoms with Crippen LogP contribution in [0.15, 0.2) is 91.0 Å². The Hall–Kier alpha value is -5.39. The van der Waals surface area contributed by atoms with Gasteiger partial charge in [0.1, 0.15) is 18.5 Å². The zero-order valence-corrected chi connectivity index (χ0v) is 25.4. The Kier molecular flexibility index (Phi) is 9.85. The molecule has 0 radical (unpaired) electrons. The fourth-order valence-corrected chi connectivity index (χ4v) is 5.56. The van der Waals surface area contributed by atoms with Crippen LogP contribution in [0.2, 0.25) is 5.02 Å². The number of phenols is 1. The average Bonchev–Trinajstić information content (AvgIpc) is 3.38. The lowest BCUT2D eigenvalue weighted by Gasteiger charge is -2.24. The molecule has 1 aliphatic carbocycles. The molecule has 0 saturated heterocycles. The summed E-state index contributed by atoms with van der Waals surface area (Å²) < 4.78 is 10.3. The second kappa shape index (κ2) is 14.1. The molecule has 0 heterocycles. The molecule has 3 amide bonds. The molecule has 236 valence electrons. The van der Waals surface area contributed by atoms with Crippen LogP contribution in [-0.4, -0.2) is 54.9 Å². The number of carbonyl (C=O) groups is 4. The summed E-state index contributed by atoms with van der Waals surface area (Å²) in [5.41, 5.74) is 11.1. The van der Waals surface area contributed by atoms with Gasteiger partial charge in [0.05, 0.1) is 17.7 Å². The number of carbonyl (C=O) groups excluding carboxylic acids is 4. The van der Waals surface area contributed by atoms with Gasteiger partial charge in [-0.3, -0.25) is 9.59 Å². The SMILES string of the molecule is COC(=O)[C@@H](NC(=O)c1ccc(C(=O)NCc2cccc(O)c2)cc1Cl)C(N)NC(=O)OCC1c2ccccc2-c2ccccc21. The molecule has 4 aromatic carbocycles. The van der Waals surface area contributed by atoms with Gasteiger partial charge in [0.15, 0.2) is 6.04 Å². The van der Waals surface area contributed by atoms with Crippen molar-refractivity contribution in [2.24, 2.45) is 5.73 Å². The number of amides is 3. The predicted octanol–water partition coefficient (Wildman–Crippen LogP) is 4.07. The van der Waals surface area contributed by atoms with Crippen LogP contribution in [0.4, 0.5) is 4.79 Å². The van der Waals surface area contributed by atoms with Gasteiger partial charge in [0.2, 0.25) is 0 Å². The molecule has 0 bridgehead atoms. The highest BCUT2D eigenvalue weighted by Gasteiger charge is 2.32. The summed E-state index contributed by atoms with van der Waals surface area (Å²) >= 11 is 6.33. The van der Waals surface area contributed by atoms with Crippen LogP contribution < -0.4 is 21.7 Å². The minimum absolute atomic E-state index is 0.0190. The van der Waals surface area contributed by atoms with E-state index in [1.807, 2.05) is 48.5 Å². The highest BCUT2D eigenvalue weighted by atomic mass is 35.5. The van der Waals surface area contributed by atoms with Gasteiger partial charge in [-0.2, -0.15) is 0 Å². The van der Waals surface area contributed by atoms with E-state index in [9.17, 15) is 24.3 Å². The summed E-state index contributed by atoms with van der Waals surface area (Å²) in [5.74, 6) is -2.29. The van der Waals surface area contributed by atoms with E-state index < -0.39 is 36.1 Å². The van der Waals surface area contributed by atoms with Gasteiger partial charge < -0.3 is 36.3 Å². The maximum Gasteiger partial charge on any atom is 0.408 e. The Bertz CT molecular complexity index is 1750. The zero-order valence-electron chi connectivity index (χ0n) is 24.7. The average molecular weight is 643 g/mol. The minimum Gasteiger partial charge on any atom is -0.508 e. The largest absolute Gasteiger partial charge is 0.508 e. The van der Waals surface area contributed by atoms with Crippen molar-refractivity contribution in [3.8, 4) is 16.9 Å². The molecule has 6 N–H and O–H groups in total. The van der Waals surface area contributed by atoms with Crippen molar-refractivity contribution in [2.75, 3.05) is 13.7 Å². The summed E-state index contributed by atoms with van der Waals surface area (Å²) in [4.78, 5) is 51.1. The van der Waals surface area contributed by atoms with Gasteiger partial charge in [-0.25, -0.2) is 9.59 Å². The molecule has 5 rings (SSSR count). The molecule has 0 aliphatic heterocycles. The second-order valence-electron chi connectivity index (χ2n) is 10.5. The molecule has 11 nitrogen and oxygen atoms in total. The van der Waals surface area contributed by atoms with Crippen LogP contribution in [-0.2, 0) is 20.8 Å². The van der Waals surface area contributed by atoms with Crippen LogP contribution in [0.25, 0.3) is 11.1 Å². The number of esters is 1. The van der Waals surface area contributed by atoms with E-state index in [1.54, 1.807) is 12.1 Å². The van der Waals surface area contributed by atoms with E-state index in [0.29, 0.717) is 5.56 Å². The van der Waals surface area contributed by atoms with Crippen LogP contribution in [0.5, 0.6) is 5.75 Å². The van der Waals surface area contributed by atoms with Crippen LogP contribution in [0, 0.1) is 0 Å². The summed E-state index contributed by atoms with van der Waals surface area (Å²) in [7, 11) is 1.11. The topological polar surface area (TPSA) is 169 Å². The van der Waals surface area contributed by atoms with Crippen molar-refractivity contribution in [1.29, 1.82) is 0 Å². The quantitative estimate of drug-likeness (QED) is 0.127. The zero-order chi connectivity index (χ0) is 32.8. The van der Waals surface area contributed by atoms with E-state index in [2.05, 4.69) is 16.0 Å². The van der Waals surface area contributed by atoms with Crippen LogP contribution in [0.1, 0.15) is 43.3 Å². The molecule has 0 spiro atoms. The fourth-order valence-electron chi connectivity index (χ4n) is 5.29. The Morgan fingerprint density at radius 1 is 0.870 bits per heavy atom. The fraction of sp³-hybridized carbons (Fsp3) is 0.176. The highest BCUT2D eigenvalue weighted by Crippen LogP contribution is 2.44. The summed E-state index contributed by atoms with van der Waals surface area (Å²) in [5, 5.41) is 17.1. The third-order valence-electron chi connectivity index (χ3n) is 7.57. The first-order valence-electron chi connectivity index (χ1n) is 14.3. The number of nitrogens with two attached hydrogens (primary N) is 1. The molecule has 1 aliphatic rings. The monoisotopic (exact) mass is 642 g/mol. The number of hydrogen-bond donors (Lipinski definition) is 5. The van der Waals surface area contributed by atoms with Crippen molar-refractivity contribution in [3.05, 3.63) is 124 Å². The Labute approximate surface area is 269 Å². The smallest absolute Gasteiger partial charge is 0.408 e. The van der Waals surface area contributed by atoms with Crippen molar-refractivity contribution in [1.82, 2.24) is 16.0 Å². The van der Waals surface area contributed by atoms with Crippen molar-refractivity contribution in [3.63, 3.8) is 0 Å². The lowest BCUT2D eigenvalue weighted by atomic mass is 9.98. The lowest BCUT2D eigenvalue weighted by molar-refractivity contribution is -0.143. The molecule has 0 saturated carbocycles. The number of ether oxygens (including phenoxy) is 2. The first-order chi connectivity index (χ1) is 22.2. The first kappa shape index (κ1) is 32.0. The number of phenolic OH excluding ortho intramolecular Hbond substituents is 1. The van der Waals surface area contributed by atoms with E-state index in [-0.39, 0.29) is 41.0 Å². The molecule has 0 aromatic heterocycles. The number of halogens is 1. The van der Waals surface area contributed by atoms with Crippen molar-refractivity contribution in [2.45, 2.75) is 24.7 Å². The number of fused-ring (bicyclic) bond motifs is 3. The maximum atomic E-state index is 13.1. The Morgan fingerprint density at radius 3 is 2.17 bits per heavy atom. The van der Waals surface area contributed by atoms with E-state index in [1.165, 1.54) is 30.3 Å². The Balaban J connectivity index is 1.19. The second-order valence-corrected chi connectivity index (χ2v) is 10.9. The molecule has 0 fully saturated rings. The van der Waals surface area contributed by atoms with Gasteiger partial charge in [0, 0.05) is 18.0 Å². The molecule has 46 heavy (non-hydrogen) atoms. The van der Waals surface area contributed by atoms with Crippen molar-refractivity contribution >= 4 is 35.5 Å². The van der Waals surface area contributed by atoms with Gasteiger partial charge >= 0.3 is 12.1 Å². The standard InChI is InChI=1S/C34H31ClN4O7/c1-45-33(43)29(30(36)39-34(44)46-18-27-24-11-4-2-9-22(24)23-10-3-5-12-25(23)27)38-32(42)26-14-13-20(16-28(26)35)31(41)37-17-19-7-6-8-21(40)15-19/h2-16,27,29-30,40H,17-18,36H2,1H3,(H,37,41)(H,38,42)(H,39,44)/t29-,30?/m0/s1. The molecule has 4 aromatic rings. The molecule has 2 atom stereocenters. The normalized spacial score (nSPS) is 13.0. The third-order valence-corrected chi connectivity index (χ3v) is 7.88. The summed E-state index contributed by atoms with van der Waals surface area (Å²) in [6, 6.07) is 24.7. The van der Waals surface area contributed by atoms with Gasteiger partial charge in [0.25, 0.3) is 11.8 Å². The predicted molar refractivity (Wildman–Crippen MR) is 170 cm³/mol. The number of aromatic hydroxyl groups is 1. The Morgan fingerprint density at radius 2 is 1.54 bits per heavy atom. The van der Waals surface area contributed by atoms with Gasteiger partial charge in [-0.15, -0.1) is 0 Å². The number of rotatable bonds is 10. The molecular formula is C34H31ClN4O7. The highest BCUT2D eigenvalue weighted by molar-refractivity contribution is 6.34. The van der Waals surface area contributed by atoms with E-state index in [0.717, 1.165) is 29.4 Å². The number of hydrogen-bond acceptors (Lipinski definition) is 8. The summed E-state index contributed by atoms with van der Waals surface area (Å²) in [6.45, 7) is 0.174. The van der Waals surface area contributed by atoms with Crippen LogP contribution in [0.3, 0.4) is 0 Å². The van der Waals surface area contributed by atoms with E-state index in [4.69, 9.17) is 26.8 Å². The third kappa shape index (κ3) is 7.12.